The number of ether oxygens (including phenoxy) is 3. The van der Waals surface area contributed by atoms with E-state index in [1.54, 1.807) is 39.0 Å². The van der Waals surface area contributed by atoms with E-state index in [-0.39, 0.29) is 6.42 Å². The van der Waals surface area contributed by atoms with Crippen LogP contribution in [0.15, 0.2) is 18.2 Å². The van der Waals surface area contributed by atoms with Gasteiger partial charge in [-0.1, -0.05) is 6.07 Å². The summed E-state index contributed by atoms with van der Waals surface area (Å²) in [5.74, 6) is -0.0197. The topological polar surface area (TPSA) is 99.9 Å². The molecule has 0 bridgehead atoms. The van der Waals surface area contributed by atoms with E-state index in [9.17, 15) is 9.59 Å². The number of carbonyl (C=O) groups is 2. The third-order valence-electron chi connectivity index (χ3n) is 2.86. The summed E-state index contributed by atoms with van der Waals surface area (Å²) in [7, 11) is 2.78. The van der Waals surface area contributed by atoms with E-state index in [1.165, 1.54) is 14.2 Å². The predicted molar refractivity (Wildman–Crippen MR) is 86.5 cm³/mol. The largest absolute Gasteiger partial charge is 0.495 e. The summed E-state index contributed by atoms with van der Waals surface area (Å²) in [6.45, 7) is 5.32. The van der Waals surface area contributed by atoms with Crippen molar-refractivity contribution in [1.29, 1.82) is 0 Å². The van der Waals surface area contributed by atoms with Gasteiger partial charge in [0.15, 0.2) is 0 Å². The SMILES string of the molecule is COC(=O)C(N)Cc1ccc(OC)c(NC(=O)OC(C)(C)C)c1. The van der Waals surface area contributed by atoms with Crippen molar-refractivity contribution < 1.29 is 23.8 Å². The lowest BCUT2D eigenvalue weighted by Gasteiger charge is -2.20. The number of benzene rings is 1. The molecule has 0 spiro atoms. The summed E-state index contributed by atoms with van der Waals surface area (Å²) >= 11 is 0. The Bertz CT molecular complexity index is 566. The molecule has 0 heterocycles. The van der Waals surface area contributed by atoms with Gasteiger partial charge >= 0.3 is 12.1 Å². The van der Waals surface area contributed by atoms with E-state index < -0.39 is 23.7 Å². The van der Waals surface area contributed by atoms with Crippen molar-refractivity contribution in [2.24, 2.45) is 5.73 Å². The molecule has 7 nitrogen and oxygen atoms in total. The van der Waals surface area contributed by atoms with Crippen LogP contribution in [0.2, 0.25) is 0 Å². The van der Waals surface area contributed by atoms with Crippen molar-refractivity contribution in [3.8, 4) is 5.75 Å². The number of esters is 1. The first-order valence-corrected chi connectivity index (χ1v) is 7.16. The zero-order valence-electron chi connectivity index (χ0n) is 14.1. The Kier molecular flexibility index (Phi) is 6.38. The van der Waals surface area contributed by atoms with E-state index in [0.717, 1.165) is 5.56 Å². The summed E-state index contributed by atoms with van der Waals surface area (Å²) in [6.07, 6.45) is -0.315. The van der Waals surface area contributed by atoms with Crippen LogP contribution in [0.4, 0.5) is 10.5 Å². The Balaban J connectivity index is 2.91. The zero-order valence-corrected chi connectivity index (χ0v) is 14.1. The van der Waals surface area contributed by atoms with Crippen LogP contribution < -0.4 is 15.8 Å². The number of anilines is 1. The van der Waals surface area contributed by atoms with Crippen molar-refractivity contribution in [1.82, 2.24) is 0 Å². The van der Waals surface area contributed by atoms with Gasteiger partial charge in [0.1, 0.15) is 17.4 Å². The van der Waals surface area contributed by atoms with Gasteiger partial charge in [0, 0.05) is 0 Å². The van der Waals surface area contributed by atoms with E-state index >= 15 is 0 Å². The summed E-state index contributed by atoms with van der Waals surface area (Å²) < 4.78 is 15.0. The highest BCUT2D eigenvalue weighted by Gasteiger charge is 2.19. The fraction of sp³-hybridized carbons (Fsp3) is 0.500. The minimum atomic E-state index is -0.775. The second-order valence-electron chi connectivity index (χ2n) is 6.00. The maximum atomic E-state index is 11.9. The normalized spacial score (nSPS) is 12.3. The van der Waals surface area contributed by atoms with Crippen LogP contribution in [0.25, 0.3) is 0 Å². The van der Waals surface area contributed by atoms with Crippen LogP contribution in [0.3, 0.4) is 0 Å². The van der Waals surface area contributed by atoms with E-state index in [1.807, 2.05) is 0 Å². The molecule has 0 aliphatic carbocycles. The number of hydrogen-bond donors (Lipinski definition) is 2. The second kappa shape index (κ2) is 7.82. The summed E-state index contributed by atoms with van der Waals surface area (Å²) in [5.41, 5.74) is 6.34. The maximum absolute atomic E-state index is 11.9. The van der Waals surface area contributed by atoms with Crippen LogP contribution in [-0.4, -0.2) is 37.9 Å². The first kappa shape index (κ1) is 18.8. The van der Waals surface area contributed by atoms with Gasteiger partial charge < -0.3 is 19.9 Å². The molecule has 0 aliphatic rings. The minimum absolute atomic E-state index is 0.277. The van der Waals surface area contributed by atoms with Crippen molar-refractivity contribution in [3.63, 3.8) is 0 Å². The number of amides is 1. The smallest absolute Gasteiger partial charge is 0.412 e. The number of methoxy groups -OCH3 is 2. The molecule has 0 saturated heterocycles. The van der Waals surface area contributed by atoms with E-state index in [4.69, 9.17) is 15.2 Å². The maximum Gasteiger partial charge on any atom is 0.412 e. The van der Waals surface area contributed by atoms with Gasteiger partial charge in [-0.3, -0.25) is 10.1 Å². The van der Waals surface area contributed by atoms with Crippen molar-refractivity contribution in [2.75, 3.05) is 19.5 Å². The molecule has 0 aliphatic heterocycles. The first-order chi connectivity index (χ1) is 10.7. The Morgan fingerprint density at radius 2 is 1.91 bits per heavy atom. The summed E-state index contributed by atoms with van der Waals surface area (Å²) in [4.78, 5) is 23.3. The molecule has 23 heavy (non-hydrogen) atoms. The third-order valence-corrected chi connectivity index (χ3v) is 2.86. The van der Waals surface area contributed by atoms with Crippen molar-refractivity contribution in [3.05, 3.63) is 23.8 Å². The fourth-order valence-corrected chi connectivity index (χ4v) is 1.88. The number of hydrogen-bond acceptors (Lipinski definition) is 6. The monoisotopic (exact) mass is 324 g/mol. The highest BCUT2D eigenvalue weighted by atomic mass is 16.6. The van der Waals surface area contributed by atoms with Gasteiger partial charge in [0.2, 0.25) is 0 Å². The average molecular weight is 324 g/mol. The third kappa shape index (κ3) is 6.15. The van der Waals surface area contributed by atoms with Gasteiger partial charge in [-0.05, 0) is 44.9 Å². The standard InChI is InChI=1S/C16H24N2O5/c1-16(2,3)23-15(20)18-12-9-10(6-7-13(12)21-4)8-11(17)14(19)22-5/h6-7,9,11H,8,17H2,1-5H3,(H,18,20). The van der Waals surface area contributed by atoms with E-state index in [2.05, 4.69) is 10.1 Å². The number of nitrogens with two attached hydrogens (primary N) is 1. The Labute approximate surface area is 136 Å². The van der Waals surface area contributed by atoms with Crippen molar-refractivity contribution in [2.45, 2.75) is 38.8 Å². The second-order valence-corrected chi connectivity index (χ2v) is 6.00. The molecule has 128 valence electrons. The molecule has 0 aromatic heterocycles. The molecule has 0 fully saturated rings. The zero-order chi connectivity index (χ0) is 17.6. The van der Waals surface area contributed by atoms with Crippen LogP contribution in [0.5, 0.6) is 5.75 Å². The summed E-state index contributed by atoms with van der Waals surface area (Å²) in [5, 5.41) is 2.63. The highest BCUT2D eigenvalue weighted by Crippen LogP contribution is 2.26. The average Bonchev–Trinajstić information content (AvgIpc) is 2.44. The Morgan fingerprint density at radius 3 is 2.43 bits per heavy atom. The molecule has 1 aromatic rings. The fourth-order valence-electron chi connectivity index (χ4n) is 1.88. The molecule has 0 radical (unpaired) electrons. The molecule has 7 heteroatoms. The van der Waals surface area contributed by atoms with Gasteiger partial charge in [-0.25, -0.2) is 4.79 Å². The number of carbonyl (C=O) groups excluding carboxylic acids is 2. The lowest BCUT2D eigenvalue weighted by Crippen LogP contribution is -2.33. The van der Waals surface area contributed by atoms with Gasteiger partial charge in [-0.15, -0.1) is 0 Å². The molecule has 1 rings (SSSR count). The molecule has 1 amide bonds. The molecule has 3 N–H and O–H groups in total. The predicted octanol–water partition coefficient (Wildman–Crippen LogP) is 2.08. The van der Waals surface area contributed by atoms with Crippen LogP contribution in [0, 0.1) is 0 Å². The minimum Gasteiger partial charge on any atom is -0.495 e. The molecule has 1 atom stereocenters. The van der Waals surface area contributed by atoms with Gasteiger partial charge in [0.25, 0.3) is 0 Å². The molecular formula is C16H24N2O5. The van der Waals surface area contributed by atoms with Gasteiger partial charge in [-0.2, -0.15) is 0 Å². The Morgan fingerprint density at radius 1 is 1.26 bits per heavy atom. The molecule has 1 aromatic carbocycles. The number of rotatable bonds is 5. The number of nitrogens with one attached hydrogen (secondary N) is 1. The summed E-state index contributed by atoms with van der Waals surface area (Å²) in [6, 6.07) is 4.36. The van der Waals surface area contributed by atoms with Crippen molar-refractivity contribution >= 4 is 17.7 Å². The highest BCUT2D eigenvalue weighted by molar-refractivity contribution is 5.87. The lowest BCUT2D eigenvalue weighted by atomic mass is 10.1. The molecule has 1 unspecified atom stereocenters. The quantitative estimate of drug-likeness (QED) is 0.804. The lowest BCUT2D eigenvalue weighted by molar-refractivity contribution is -0.142. The van der Waals surface area contributed by atoms with Gasteiger partial charge in [0.05, 0.1) is 19.9 Å². The van der Waals surface area contributed by atoms with Crippen LogP contribution >= 0.6 is 0 Å². The molecule has 0 saturated carbocycles. The van der Waals surface area contributed by atoms with Crippen LogP contribution in [-0.2, 0) is 20.7 Å². The van der Waals surface area contributed by atoms with E-state index in [0.29, 0.717) is 11.4 Å². The first-order valence-electron chi connectivity index (χ1n) is 7.16. The Hall–Kier alpha value is -2.28. The molecular weight excluding hydrogens is 300 g/mol. The van der Waals surface area contributed by atoms with Crippen LogP contribution in [0.1, 0.15) is 26.3 Å².